The van der Waals surface area contributed by atoms with E-state index in [0.29, 0.717) is 11.5 Å². The van der Waals surface area contributed by atoms with E-state index in [4.69, 9.17) is 4.74 Å². The van der Waals surface area contributed by atoms with Crippen molar-refractivity contribution < 1.29 is 22.3 Å². The van der Waals surface area contributed by atoms with Crippen molar-refractivity contribution in [2.45, 2.75) is 17.9 Å². The highest BCUT2D eigenvalue weighted by atomic mass is 32.2. The molecule has 0 aliphatic heterocycles. The second-order valence-corrected chi connectivity index (χ2v) is 8.17. The van der Waals surface area contributed by atoms with E-state index in [0.717, 1.165) is 17.7 Å². The molecule has 0 aromatic heterocycles. The molecule has 3 aromatic rings. The van der Waals surface area contributed by atoms with E-state index >= 15 is 0 Å². The Labute approximate surface area is 174 Å². The van der Waals surface area contributed by atoms with E-state index in [1.54, 1.807) is 0 Å². The van der Waals surface area contributed by atoms with Gasteiger partial charge in [0.1, 0.15) is 17.3 Å². The Hall–Kier alpha value is -3.23. The number of hydrogen-bond donors (Lipinski definition) is 2. The van der Waals surface area contributed by atoms with Gasteiger partial charge in [-0.05, 0) is 42.5 Å². The van der Waals surface area contributed by atoms with Crippen molar-refractivity contribution in [1.29, 1.82) is 0 Å². The van der Waals surface area contributed by atoms with Crippen molar-refractivity contribution in [1.82, 2.24) is 10.0 Å². The molecule has 2 N–H and O–H groups in total. The van der Waals surface area contributed by atoms with Crippen LogP contribution in [0.15, 0.2) is 83.8 Å². The number of para-hydroxylation sites is 2. The molecule has 30 heavy (non-hydrogen) atoms. The third kappa shape index (κ3) is 6.13. The number of carbonyl (C=O) groups is 1. The van der Waals surface area contributed by atoms with Crippen molar-refractivity contribution in [2.24, 2.45) is 0 Å². The van der Waals surface area contributed by atoms with Crippen LogP contribution in [-0.2, 0) is 21.4 Å². The first-order valence-electron chi connectivity index (χ1n) is 9.27. The lowest BCUT2D eigenvalue weighted by Gasteiger charge is -2.12. The zero-order valence-corrected chi connectivity index (χ0v) is 16.9. The van der Waals surface area contributed by atoms with E-state index in [1.807, 2.05) is 54.6 Å². The summed E-state index contributed by atoms with van der Waals surface area (Å²) in [4.78, 5) is 12.1. The lowest BCUT2D eigenvalue weighted by molar-refractivity contribution is -0.121. The quantitative estimate of drug-likeness (QED) is 0.545. The van der Waals surface area contributed by atoms with Gasteiger partial charge in [0.25, 0.3) is 0 Å². The number of ether oxygens (including phenoxy) is 1. The molecule has 3 aromatic carbocycles. The lowest BCUT2D eigenvalue weighted by Crippen LogP contribution is -2.30. The second-order valence-electron chi connectivity index (χ2n) is 6.40. The van der Waals surface area contributed by atoms with E-state index in [1.165, 1.54) is 12.1 Å². The SMILES string of the molecule is O=C(CCNS(=O)(=O)c1ccc(F)cc1)NCc1ccccc1Oc1ccccc1. The van der Waals surface area contributed by atoms with Crippen molar-refractivity contribution in [3.8, 4) is 11.5 Å². The molecule has 0 unspecified atom stereocenters. The summed E-state index contributed by atoms with van der Waals surface area (Å²) in [5, 5.41) is 2.76. The van der Waals surface area contributed by atoms with Gasteiger partial charge >= 0.3 is 0 Å². The number of carbonyl (C=O) groups excluding carboxylic acids is 1. The zero-order chi connectivity index (χ0) is 21.4. The summed E-state index contributed by atoms with van der Waals surface area (Å²) >= 11 is 0. The Kier molecular flexibility index (Phi) is 7.16. The predicted octanol–water partition coefficient (Wildman–Crippen LogP) is 3.60. The summed E-state index contributed by atoms with van der Waals surface area (Å²) in [6.45, 7) is 0.167. The van der Waals surface area contributed by atoms with Gasteiger partial charge in [-0.15, -0.1) is 0 Å². The maximum Gasteiger partial charge on any atom is 0.240 e. The normalized spacial score (nSPS) is 11.1. The van der Waals surface area contributed by atoms with E-state index in [9.17, 15) is 17.6 Å². The second kappa shape index (κ2) is 10.00. The average molecular weight is 428 g/mol. The number of benzene rings is 3. The van der Waals surface area contributed by atoms with Gasteiger partial charge in [-0.2, -0.15) is 0 Å². The minimum Gasteiger partial charge on any atom is -0.457 e. The summed E-state index contributed by atoms with van der Waals surface area (Å²) in [6, 6.07) is 21.1. The zero-order valence-electron chi connectivity index (χ0n) is 16.0. The molecule has 0 atom stereocenters. The van der Waals surface area contributed by atoms with E-state index in [-0.39, 0.29) is 30.3 Å². The Morgan fingerprint density at radius 2 is 1.57 bits per heavy atom. The van der Waals surface area contributed by atoms with Gasteiger partial charge < -0.3 is 10.1 Å². The topological polar surface area (TPSA) is 84.5 Å². The number of hydrogen-bond acceptors (Lipinski definition) is 4. The van der Waals surface area contributed by atoms with E-state index in [2.05, 4.69) is 10.0 Å². The smallest absolute Gasteiger partial charge is 0.240 e. The fraction of sp³-hybridized carbons (Fsp3) is 0.136. The van der Waals surface area contributed by atoms with Gasteiger partial charge in [-0.1, -0.05) is 36.4 Å². The third-order valence-electron chi connectivity index (χ3n) is 4.19. The number of rotatable bonds is 9. The van der Waals surface area contributed by atoms with Crippen LogP contribution in [-0.4, -0.2) is 20.9 Å². The van der Waals surface area contributed by atoms with Crippen LogP contribution < -0.4 is 14.8 Å². The maximum atomic E-state index is 12.9. The van der Waals surface area contributed by atoms with E-state index < -0.39 is 15.8 Å². The summed E-state index contributed by atoms with van der Waals surface area (Å²) in [5.41, 5.74) is 0.793. The van der Waals surface area contributed by atoms with Crippen molar-refractivity contribution in [3.05, 3.63) is 90.2 Å². The third-order valence-corrected chi connectivity index (χ3v) is 5.66. The molecule has 0 saturated heterocycles. The standard InChI is InChI=1S/C22H21FN2O4S/c23-18-10-12-20(13-11-18)30(27,28)25-15-14-22(26)24-16-17-6-4-5-9-21(17)29-19-7-2-1-3-8-19/h1-13,25H,14-16H2,(H,24,26). The Morgan fingerprint density at radius 1 is 0.900 bits per heavy atom. The van der Waals surface area contributed by atoms with Gasteiger partial charge in [-0.3, -0.25) is 4.79 Å². The molecule has 0 heterocycles. The predicted molar refractivity (Wildman–Crippen MR) is 111 cm³/mol. The highest BCUT2D eigenvalue weighted by Gasteiger charge is 2.14. The van der Waals surface area contributed by atoms with Crippen molar-refractivity contribution in [2.75, 3.05) is 6.54 Å². The Balaban J connectivity index is 1.50. The molecule has 8 heteroatoms. The molecule has 0 aliphatic rings. The minimum atomic E-state index is -3.80. The molecule has 6 nitrogen and oxygen atoms in total. The van der Waals surface area contributed by atoms with Crippen LogP contribution in [0, 0.1) is 5.82 Å². The first-order valence-corrected chi connectivity index (χ1v) is 10.7. The van der Waals surface area contributed by atoms with Crippen molar-refractivity contribution in [3.63, 3.8) is 0 Å². The fourth-order valence-electron chi connectivity index (χ4n) is 2.64. The number of sulfonamides is 1. The molecular formula is C22H21FN2O4S. The monoisotopic (exact) mass is 428 g/mol. The minimum absolute atomic E-state index is 0.0395. The Bertz CT molecular complexity index is 1090. The molecule has 0 radical (unpaired) electrons. The van der Waals surface area contributed by atoms with Gasteiger partial charge in [0.2, 0.25) is 15.9 Å². The number of nitrogens with one attached hydrogen (secondary N) is 2. The Morgan fingerprint density at radius 3 is 2.30 bits per heavy atom. The summed E-state index contributed by atoms with van der Waals surface area (Å²) in [6.07, 6.45) is -0.0395. The fourth-order valence-corrected chi connectivity index (χ4v) is 3.67. The number of amides is 1. The molecule has 3 rings (SSSR count). The molecular weight excluding hydrogens is 407 g/mol. The van der Waals surface area contributed by atoms with Crippen LogP contribution in [0.2, 0.25) is 0 Å². The van der Waals surface area contributed by atoms with Gasteiger partial charge in [0.05, 0.1) is 4.90 Å². The molecule has 156 valence electrons. The first kappa shape index (κ1) is 21.5. The van der Waals surface area contributed by atoms with Crippen LogP contribution in [0.5, 0.6) is 11.5 Å². The van der Waals surface area contributed by atoms with Crippen LogP contribution in [0.3, 0.4) is 0 Å². The maximum absolute atomic E-state index is 12.9. The first-order chi connectivity index (χ1) is 14.4. The van der Waals surface area contributed by atoms with Crippen LogP contribution >= 0.6 is 0 Å². The number of halogens is 1. The molecule has 1 amide bonds. The average Bonchev–Trinajstić information content (AvgIpc) is 2.74. The molecule has 0 spiro atoms. The van der Waals surface area contributed by atoms with Crippen LogP contribution in [0.4, 0.5) is 4.39 Å². The van der Waals surface area contributed by atoms with Crippen molar-refractivity contribution >= 4 is 15.9 Å². The van der Waals surface area contributed by atoms with Crippen LogP contribution in [0.1, 0.15) is 12.0 Å². The highest BCUT2D eigenvalue weighted by Crippen LogP contribution is 2.24. The lowest BCUT2D eigenvalue weighted by atomic mass is 10.2. The summed E-state index contributed by atoms with van der Waals surface area (Å²) in [7, 11) is -3.80. The molecule has 0 saturated carbocycles. The van der Waals surface area contributed by atoms with Gasteiger partial charge in [0.15, 0.2) is 0 Å². The molecule has 0 fully saturated rings. The summed E-state index contributed by atoms with van der Waals surface area (Å²) < 4.78 is 45.4. The summed E-state index contributed by atoms with van der Waals surface area (Å²) in [5.74, 6) is 0.476. The van der Waals surface area contributed by atoms with Crippen LogP contribution in [0.25, 0.3) is 0 Å². The van der Waals surface area contributed by atoms with Gasteiger partial charge in [-0.25, -0.2) is 17.5 Å². The largest absolute Gasteiger partial charge is 0.457 e. The molecule has 0 aliphatic carbocycles. The molecule has 0 bridgehead atoms. The van der Waals surface area contributed by atoms with Gasteiger partial charge in [0, 0.05) is 25.1 Å². The highest BCUT2D eigenvalue weighted by molar-refractivity contribution is 7.89.